The van der Waals surface area contributed by atoms with Gasteiger partial charge in [0, 0.05) is 6.42 Å². The van der Waals surface area contributed by atoms with E-state index in [1.807, 2.05) is 0 Å². The number of hydrogen-bond acceptors (Lipinski definition) is 0. The molecule has 0 aliphatic heterocycles. The van der Waals surface area contributed by atoms with Gasteiger partial charge in [-0.15, -0.1) is 11.5 Å². The van der Waals surface area contributed by atoms with Gasteiger partial charge in [0.25, 0.3) is 0 Å². The topological polar surface area (TPSA) is 0 Å². The molecule has 0 aromatic rings. The SMILES string of the molecule is C[C@@H](/C=C/I)CC#C[Si](C)(C)C. The van der Waals surface area contributed by atoms with E-state index in [-0.39, 0.29) is 0 Å². The minimum atomic E-state index is -1.13. The molecule has 2 heteroatoms. The molecule has 0 aromatic heterocycles. The van der Waals surface area contributed by atoms with E-state index >= 15 is 0 Å². The molecule has 0 nitrogen and oxygen atoms in total. The molecule has 0 aromatic carbocycles. The van der Waals surface area contributed by atoms with Crippen molar-refractivity contribution in [2.24, 2.45) is 5.92 Å². The molecule has 1 atom stereocenters. The predicted molar refractivity (Wildman–Crippen MR) is 68.1 cm³/mol. The molecule has 0 N–H and O–H groups in total. The van der Waals surface area contributed by atoms with Crippen LogP contribution >= 0.6 is 22.6 Å². The van der Waals surface area contributed by atoms with E-state index in [4.69, 9.17) is 0 Å². The van der Waals surface area contributed by atoms with E-state index in [9.17, 15) is 0 Å². The van der Waals surface area contributed by atoms with Crippen LogP contribution < -0.4 is 0 Å². The van der Waals surface area contributed by atoms with E-state index in [1.165, 1.54) is 0 Å². The van der Waals surface area contributed by atoms with Crippen molar-refractivity contribution in [2.45, 2.75) is 33.0 Å². The van der Waals surface area contributed by atoms with E-state index in [2.05, 4.69) is 70.8 Å². The van der Waals surface area contributed by atoms with Crippen LogP contribution in [0.1, 0.15) is 13.3 Å². The molecule has 0 spiro atoms. The molecule has 0 unspecified atom stereocenters. The molecule has 0 bridgehead atoms. The number of rotatable bonds is 2. The fourth-order valence-electron chi connectivity index (χ4n) is 0.669. The van der Waals surface area contributed by atoms with Crippen molar-refractivity contribution in [3.05, 3.63) is 10.2 Å². The van der Waals surface area contributed by atoms with Crippen molar-refractivity contribution in [3.8, 4) is 11.5 Å². The molecule has 0 aliphatic carbocycles. The average Bonchev–Trinajstić information content (AvgIpc) is 1.84. The fourth-order valence-corrected chi connectivity index (χ4v) is 2.01. The van der Waals surface area contributed by atoms with Crippen LogP contribution in [0.25, 0.3) is 0 Å². The molecule has 0 amide bonds. The zero-order valence-electron chi connectivity index (χ0n) is 8.32. The molecule has 0 fully saturated rings. The van der Waals surface area contributed by atoms with Crippen LogP contribution in [0, 0.1) is 17.4 Å². The fraction of sp³-hybridized carbons (Fsp3) is 0.600. The molecule has 0 saturated carbocycles. The summed E-state index contributed by atoms with van der Waals surface area (Å²) in [5, 5.41) is 0. The monoisotopic (exact) mass is 292 g/mol. The lowest BCUT2D eigenvalue weighted by atomic mass is 10.1. The van der Waals surface area contributed by atoms with E-state index in [0.717, 1.165) is 6.42 Å². The summed E-state index contributed by atoms with van der Waals surface area (Å²) >= 11 is 2.25. The summed E-state index contributed by atoms with van der Waals surface area (Å²) in [6.07, 6.45) is 3.20. The van der Waals surface area contributed by atoms with Gasteiger partial charge in [0.05, 0.1) is 0 Å². The lowest BCUT2D eigenvalue weighted by Gasteiger charge is -2.04. The third-order valence-electron chi connectivity index (χ3n) is 1.29. The van der Waals surface area contributed by atoms with Crippen LogP contribution in [0.3, 0.4) is 0 Å². The van der Waals surface area contributed by atoms with Crippen LogP contribution in [-0.2, 0) is 0 Å². The van der Waals surface area contributed by atoms with Crippen LogP contribution in [0.5, 0.6) is 0 Å². The van der Waals surface area contributed by atoms with Gasteiger partial charge in [-0.1, -0.05) is 55.2 Å². The Morgan fingerprint density at radius 2 is 2.00 bits per heavy atom. The maximum atomic E-state index is 3.36. The smallest absolute Gasteiger partial charge is 0.129 e. The van der Waals surface area contributed by atoms with Gasteiger partial charge >= 0.3 is 0 Å². The lowest BCUT2D eigenvalue weighted by molar-refractivity contribution is 0.761. The molecule has 68 valence electrons. The van der Waals surface area contributed by atoms with E-state index in [0.29, 0.717) is 5.92 Å². The standard InChI is InChI=1S/C10H17ISi/c1-10(7-8-11)6-5-9-12(2,3)4/h7-8,10H,6H2,1-4H3/b8-7+/t10-/m1/s1. The number of halogens is 1. The van der Waals surface area contributed by atoms with E-state index < -0.39 is 8.07 Å². The first-order chi connectivity index (χ1) is 5.45. The first-order valence-corrected chi connectivity index (χ1v) is 8.97. The van der Waals surface area contributed by atoms with Crippen molar-refractivity contribution >= 4 is 30.7 Å². The van der Waals surface area contributed by atoms with Crippen molar-refractivity contribution in [3.63, 3.8) is 0 Å². The van der Waals surface area contributed by atoms with Gasteiger partial charge in [0.15, 0.2) is 0 Å². The summed E-state index contributed by atoms with van der Waals surface area (Å²) in [6.45, 7) is 9.03. The van der Waals surface area contributed by atoms with E-state index in [1.54, 1.807) is 0 Å². The first kappa shape index (κ1) is 12.2. The highest BCUT2D eigenvalue weighted by Crippen LogP contribution is 2.05. The van der Waals surface area contributed by atoms with Gasteiger partial charge in [0.1, 0.15) is 8.07 Å². The maximum absolute atomic E-state index is 3.36. The lowest BCUT2D eigenvalue weighted by Crippen LogP contribution is -2.16. The van der Waals surface area contributed by atoms with Crippen LogP contribution in [-0.4, -0.2) is 8.07 Å². The van der Waals surface area contributed by atoms with Crippen molar-refractivity contribution in [1.82, 2.24) is 0 Å². The molecule has 0 heterocycles. The van der Waals surface area contributed by atoms with Gasteiger partial charge in [-0.25, -0.2) is 0 Å². The highest BCUT2D eigenvalue weighted by molar-refractivity contribution is 14.1. The second kappa shape index (κ2) is 5.82. The highest BCUT2D eigenvalue weighted by Gasteiger charge is 2.07. The van der Waals surface area contributed by atoms with Crippen LogP contribution in [0.4, 0.5) is 0 Å². The Morgan fingerprint density at radius 1 is 1.42 bits per heavy atom. The number of allylic oxidation sites excluding steroid dienone is 1. The minimum Gasteiger partial charge on any atom is -0.132 e. The first-order valence-electron chi connectivity index (χ1n) is 4.22. The zero-order valence-corrected chi connectivity index (χ0v) is 11.5. The Balaban J connectivity index is 3.87. The zero-order chi connectivity index (χ0) is 9.61. The highest BCUT2D eigenvalue weighted by atomic mass is 127. The number of hydrogen-bond donors (Lipinski definition) is 0. The average molecular weight is 292 g/mol. The Kier molecular flexibility index (Phi) is 5.94. The molecule has 0 saturated heterocycles. The summed E-state index contributed by atoms with van der Waals surface area (Å²) in [7, 11) is -1.13. The Labute approximate surface area is 91.0 Å². The largest absolute Gasteiger partial charge is 0.132 e. The van der Waals surface area contributed by atoms with Crippen LogP contribution in [0.15, 0.2) is 10.2 Å². The maximum Gasteiger partial charge on any atom is 0.129 e. The molecular weight excluding hydrogens is 275 g/mol. The predicted octanol–water partition coefficient (Wildman–Crippen LogP) is 3.84. The van der Waals surface area contributed by atoms with Gasteiger partial charge in [-0.05, 0) is 10.0 Å². The van der Waals surface area contributed by atoms with Crippen molar-refractivity contribution in [2.75, 3.05) is 0 Å². The molecule has 0 aliphatic rings. The third kappa shape index (κ3) is 8.34. The normalized spacial score (nSPS) is 14.1. The Hall–Kier alpha value is 0.247. The summed E-state index contributed by atoms with van der Waals surface area (Å²) in [5.41, 5.74) is 3.36. The van der Waals surface area contributed by atoms with Gasteiger partial charge < -0.3 is 0 Å². The summed E-state index contributed by atoms with van der Waals surface area (Å²) < 4.78 is 2.07. The van der Waals surface area contributed by atoms with Gasteiger partial charge in [-0.2, -0.15) is 0 Å². The summed E-state index contributed by atoms with van der Waals surface area (Å²) in [4.78, 5) is 0. The third-order valence-corrected chi connectivity index (χ3v) is 2.63. The van der Waals surface area contributed by atoms with Crippen molar-refractivity contribution in [1.29, 1.82) is 0 Å². The Morgan fingerprint density at radius 3 is 2.42 bits per heavy atom. The molecule has 12 heavy (non-hydrogen) atoms. The molecular formula is C10H17ISi. The second-order valence-electron chi connectivity index (χ2n) is 4.05. The quantitative estimate of drug-likeness (QED) is 0.412. The minimum absolute atomic E-state index is 0.603. The van der Waals surface area contributed by atoms with Crippen LogP contribution in [0.2, 0.25) is 19.6 Å². The Bertz CT molecular complexity index is 202. The summed E-state index contributed by atoms with van der Waals surface area (Å²) in [6, 6.07) is 0. The van der Waals surface area contributed by atoms with Crippen molar-refractivity contribution < 1.29 is 0 Å². The molecule has 0 radical (unpaired) electrons. The van der Waals surface area contributed by atoms with Gasteiger partial charge in [0.2, 0.25) is 0 Å². The summed E-state index contributed by atoms with van der Waals surface area (Å²) in [5.74, 6) is 3.87. The molecule has 0 rings (SSSR count). The second-order valence-corrected chi connectivity index (χ2v) is 9.52. The van der Waals surface area contributed by atoms with Gasteiger partial charge in [-0.3, -0.25) is 0 Å².